The molecule has 0 aliphatic carbocycles. The van der Waals surface area contributed by atoms with E-state index in [4.69, 9.17) is 4.74 Å². The molecule has 30 heavy (non-hydrogen) atoms. The summed E-state index contributed by atoms with van der Waals surface area (Å²) in [6.45, 7) is 0. The van der Waals surface area contributed by atoms with E-state index >= 15 is 0 Å². The van der Waals surface area contributed by atoms with Gasteiger partial charge in [-0.15, -0.1) is 11.3 Å². The number of carbonyl (C=O) groups excluding carboxylic acids is 2. The average Bonchev–Trinajstić information content (AvgIpc) is 3.37. The molecule has 0 spiro atoms. The first kappa shape index (κ1) is 19.8. The zero-order chi connectivity index (χ0) is 21.4. The molecule has 1 saturated heterocycles. The lowest BCUT2D eigenvalue weighted by atomic mass is 9.99. The topological polar surface area (TPSA) is 66.8 Å². The maximum Gasteiger partial charge on any atom is 0.300 e. The number of amides is 1. The Kier molecular flexibility index (Phi) is 5.09. The largest absolute Gasteiger partial charge is 0.507 e. The van der Waals surface area contributed by atoms with Gasteiger partial charge in [-0.25, -0.2) is 8.78 Å². The number of aliphatic hydroxyl groups excluding tert-OH is 1. The van der Waals surface area contributed by atoms with Crippen LogP contribution in [0.25, 0.3) is 5.76 Å². The van der Waals surface area contributed by atoms with Crippen molar-refractivity contribution >= 4 is 34.5 Å². The first-order chi connectivity index (χ1) is 14.4. The quantitative estimate of drug-likeness (QED) is 0.374. The Hall–Kier alpha value is -3.52. The summed E-state index contributed by atoms with van der Waals surface area (Å²) in [6.07, 6.45) is 0. The third-order valence-corrected chi connectivity index (χ3v) is 5.71. The van der Waals surface area contributed by atoms with Gasteiger partial charge >= 0.3 is 0 Å². The molecule has 1 unspecified atom stereocenters. The number of thiophene rings is 1. The second-order valence-electron chi connectivity index (χ2n) is 6.51. The van der Waals surface area contributed by atoms with Crippen molar-refractivity contribution in [3.63, 3.8) is 0 Å². The van der Waals surface area contributed by atoms with Crippen molar-refractivity contribution in [3.05, 3.63) is 87.6 Å². The molecule has 1 N–H and O–H groups in total. The number of hydrogen-bond donors (Lipinski definition) is 1. The first-order valence-corrected chi connectivity index (χ1v) is 9.74. The predicted molar refractivity (Wildman–Crippen MR) is 108 cm³/mol. The van der Waals surface area contributed by atoms with E-state index in [9.17, 15) is 23.5 Å². The molecule has 1 atom stereocenters. The van der Waals surface area contributed by atoms with Crippen LogP contribution in [-0.2, 0) is 9.59 Å². The van der Waals surface area contributed by atoms with Crippen molar-refractivity contribution < 1.29 is 28.2 Å². The van der Waals surface area contributed by atoms with Gasteiger partial charge in [0, 0.05) is 22.2 Å². The fourth-order valence-electron chi connectivity index (χ4n) is 3.38. The highest BCUT2D eigenvalue weighted by Gasteiger charge is 2.47. The molecule has 2 aromatic carbocycles. The number of anilines is 1. The van der Waals surface area contributed by atoms with Crippen molar-refractivity contribution in [2.75, 3.05) is 12.0 Å². The van der Waals surface area contributed by atoms with Crippen LogP contribution in [0.5, 0.6) is 5.75 Å². The summed E-state index contributed by atoms with van der Waals surface area (Å²) in [4.78, 5) is 27.4. The van der Waals surface area contributed by atoms with E-state index in [0.717, 1.165) is 17.0 Å². The number of halogens is 2. The van der Waals surface area contributed by atoms with E-state index in [2.05, 4.69) is 0 Å². The SMILES string of the molecule is COc1cccc(/C(O)=C2/C(=O)C(=O)N(c3ccc(F)c(F)c3)C2c2cccs2)c1. The lowest BCUT2D eigenvalue weighted by Crippen LogP contribution is -2.29. The van der Waals surface area contributed by atoms with Crippen LogP contribution < -0.4 is 9.64 Å². The standard InChI is InChI=1S/C22H15F2NO4S/c1-29-14-5-2-4-12(10-14)20(26)18-19(17-6-3-9-30-17)25(22(28)21(18)27)13-7-8-15(23)16(24)11-13/h2-11,19,26H,1H3/b20-18-. The number of methoxy groups -OCH3 is 1. The van der Waals surface area contributed by atoms with Crippen molar-refractivity contribution in [1.29, 1.82) is 0 Å². The molecular formula is C22H15F2NO4S. The molecule has 4 rings (SSSR count). The average molecular weight is 427 g/mol. The maximum atomic E-state index is 13.9. The molecule has 1 amide bonds. The van der Waals surface area contributed by atoms with Crippen LogP contribution in [0.15, 0.2) is 65.6 Å². The molecule has 1 fully saturated rings. The molecule has 5 nitrogen and oxygen atoms in total. The van der Waals surface area contributed by atoms with Crippen LogP contribution in [0.4, 0.5) is 14.5 Å². The van der Waals surface area contributed by atoms with Crippen LogP contribution in [0.3, 0.4) is 0 Å². The molecule has 0 radical (unpaired) electrons. The molecule has 1 aliphatic heterocycles. The van der Waals surface area contributed by atoms with Gasteiger partial charge in [0.2, 0.25) is 0 Å². The monoisotopic (exact) mass is 427 g/mol. The Morgan fingerprint density at radius 2 is 1.87 bits per heavy atom. The zero-order valence-corrected chi connectivity index (χ0v) is 16.5. The predicted octanol–water partition coefficient (Wildman–Crippen LogP) is 4.66. The van der Waals surface area contributed by atoms with E-state index in [-0.39, 0.29) is 17.0 Å². The number of benzene rings is 2. The third-order valence-electron chi connectivity index (χ3n) is 4.78. The minimum Gasteiger partial charge on any atom is -0.507 e. The number of nitrogens with zero attached hydrogens (tertiary/aromatic N) is 1. The summed E-state index contributed by atoms with van der Waals surface area (Å²) in [5, 5.41) is 12.7. The van der Waals surface area contributed by atoms with E-state index in [1.165, 1.54) is 30.6 Å². The Morgan fingerprint density at radius 1 is 1.07 bits per heavy atom. The second-order valence-corrected chi connectivity index (χ2v) is 7.49. The Morgan fingerprint density at radius 3 is 2.53 bits per heavy atom. The summed E-state index contributed by atoms with van der Waals surface area (Å²) in [5.74, 6) is -3.99. The van der Waals surface area contributed by atoms with Gasteiger partial charge < -0.3 is 9.84 Å². The lowest BCUT2D eigenvalue weighted by molar-refractivity contribution is -0.132. The number of ether oxygens (including phenoxy) is 1. The normalized spacial score (nSPS) is 18.1. The van der Waals surface area contributed by atoms with Gasteiger partial charge in [-0.05, 0) is 35.7 Å². The second kappa shape index (κ2) is 7.72. The highest BCUT2D eigenvalue weighted by Crippen LogP contribution is 2.43. The highest BCUT2D eigenvalue weighted by atomic mass is 32.1. The molecule has 2 heterocycles. The van der Waals surface area contributed by atoms with Crippen LogP contribution in [-0.4, -0.2) is 23.9 Å². The lowest BCUT2D eigenvalue weighted by Gasteiger charge is -2.24. The fourth-order valence-corrected chi connectivity index (χ4v) is 4.20. The minimum absolute atomic E-state index is 0.0130. The molecular weight excluding hydrogens is 412 g/mol. The van der Waals surface area contributed by atoms with Crippen LogP contribution in [0, 0.1) is 11.6 Å². The smallest absolute Gasteiger partial charge is 0.300 e. The number of carbonyl (C=O) groups is 2. The van der Waals surface area contributed by atoms with Gasteiger partial charge in [-0.2, -0.15) is 0 Å². The van der Waals surface area contributed by atoms with Gasteiger partial charge in [0.05, 0.1) is 12.7 Å². The summed E-state index contributed by atoms with van der Waals surface area (Å²) in [6, 6.07) is 11.8. The van der Waals surface area contributed by atoms with Gasteiger partial charge in [-0.3, -0.25) is 14.5 Å². The number of Topliss-reactive ketones (excluding diaryl/α,β-unsaturated/α-hetero) is 1. The molecule has 3 aromatic rings. The van der Waals surface area contributed by atoms with Gasteiger partial charge in [0.25, 0.3) is 11.7 Å². The highest BCUT2D eigenvalue weighted by molar-refractivity contribution is 7.10. The molecule has 1 aliphatic rings. The van der Waals surface area contributed by atoms with Crippen molar-refractivity contribution in [1.82, 2.24) is 0 Å². The number of ketones is 1. The van der Waals surface area contributed by atoms with Crippen molar-refractivity contribution in [2.24, 2.45) is 0 Å². The van der Waals surface area contributed by atoms with Crippen LogP contribution in [0.1, 0.15) is 16.5 Å². The molecule has 1 aromatic heterocycles. The summed E-state index contributed by atoms with van der Waals surface area (Å²) < 4.78 is 32.4. The van der Waals surface area contributed by atoms with Crippen molar-refractivity contribution in [2.45, 2.75) is 6.04 Å². The van der Waals surface area contributed by atoms with E-state index in [1.54, 1.807) is 35.7 Å². The molecule has 0 bridgehead atoms. The van der Waals surface area contributed by atoms with Gasteiger partial charge in [-0.1, -0.05) is 18.2 Å². The Balaban J connectivity index is 1.92. The van der Waals surface area contributed by atoms with E-state index in [0.29, 0.717) is 16.2 Å². The van der Waals surface area contributed by atoms with Crippen LogP contribution in [0.2, 0.25) is 0 Å². The molecule has 0 saturated carbocycles. The maximum absolute atomic E-state index is 13.9. The molecule has 8 heteroatoms. The number of hydrogen-bond acceptors (Lipinski definition) is 5. The Bertz CT molecular complexity index is 1170. The van der Waals surface area contributed by atoms with E-state index in [1.807, 2.05) is 0 Å². The summed E-state index contributed by atoms with van der Waals surface area (Å²) in [5.41, 5.74) is 0.165. The minimum atomic E-state index is -1.15. The number of rotatable bonds is 4. The summed E-state index contributed by atoms with van der Waals surface area (Å²) >= 11 is 1.27. The zero-order valence-electron chi connectivity index (χ0n) is 15.6. The van der Waals surface area contributed by atoms with Gasteiger partial charge in [0.15, 0.2) is 11.6 Å². The molecule has 152 valence electrons. The fraction of sp³-hybridized carbons (Fsp3) is 0.0909. The van der Waals surface area contributed by atoms with Crippen LogP contribution >= 0.6 is 11.3 Å². The Labute approximate surface area is 174 Å². The first-order valence-electron chi connectivity index (χ1n) is 8.86. The van der Waals surface area contributed by atoms with E-state index < -0.39 is 29.4 Å². The van der Waals surface area contributed by atoms with Crippen molar-refractivity contribution in [3.8, 4) is 5.75 Å². The van der Waals surface area contributed by atoms with Gasteiger partial charge in [0.1, 0.15) is 17.6 Å². The number of aliphatic hydroxyl groups is 1. The third kappa shape index (κ3) is 3.25. The summed E-state index contributed by atoms with van der Waals surface area (Å²) in [7, 11) is 1.47.